The number of carbonyl (C=O) groups excluding carboxylic acids is 1. The van der Waals surface area contributed by atoms with Crippen molar-refractivity contribution in [3.63, 3.8) is 0 Å². The number of thioether (sulfide) groups is 1. The van der Waals surface area contributed by atoms with Crippen molar-refractivity contribution >= 4 is 29.3 Å². The molecule has 0 saturated carbocycles. The number of pyridine rings is 1. The van der Waals surface area contributed by atoms with E-state index in [0.717, 1.165) is 32.6 Å². The largest absolute Gasteiger partial charge is 0.457 e. The molecular weight excluding hydrogens is 294 g/mol. The number of ether oxygens (including phenoxy) is 1. The minimum Gasteiger partial charge on any atom is -0.457 e. The van der Waals surface area contributed by atoms with Gasteiger partial charge in [0.15, 0.2) is 0 Å². The van der Waals surface area contributed by atoms with E-state index in [1.807, 2.05) is 37.3 Å². The number of aryl methyl sites for hydroxylation is 1. The van der Waals surface area contributed by atoms with E-state index < -0.39 is 0 Å². The summed E-state index contributed by atoms with van der Waals surface area (Å²) in [7, 11) is 0. The SMILES string of the molecule is Cc1cc2c(c(SCc3ccc(Cl)cc3)n1)C(=O)OC2. The van der Waals surface area contributed by atoms with Gasteiger partial charge in [0.05, 0.1) is 5.56 Å². The van der Waals surface area contributed by atoms with Crippen LogP contribution in [0.1, 0.15) is 27.2 Å². The molecule has 3 rings (SSSR count). The van der Waals surface area contributed by atoms with Crippen molar-refractivity contribution in [3.05, 3.63) is 57.7 Å². The molecule has 0 bridgehead atoms. The predicted octanol–water partition coefficient (Wildman–Crippen LogP) is 4.01. The first-order valence-corrected chi connectivity index (χ1v) is 7.55. The zero-order valence-electron chi connectivity index (χ0n) is 10.9. The van der Waals surface area contributed by atoms with Gasteiger partial charge in [-0.3, -0.25) is 0 Å². The molecule has 1 aromatic carbocycles. The number of rotatable bonds is 3. The van der Waals surface area contributed by atoms with E-state index in [0.29, 0.717) is 12.2 Å². The van der Waals surface area contributed by atoms with Gasteiger partial charge in [0.2, 0.25) is 0 Å². The summed E-state index contributed by atoms with van der Waals surface area (Å²) in [6, 6.07) is 9.58. The van der Waals surface area contributed by atoms with Gasteiger partial charge >= 0.3 is 5.97 Å². The Bertz CT molecular complexity index is 670. The lowest BCUT2D eigenvalue weighted by Gasteiger charge is -2.06. The lowest BCUT2D eigenvalue weighted by Crippen LogP contribution is -2.00. The number of nitrogens with zero attached hydrogens (tertiary/aromatic N) is 1. The quantitative estimate of drug-likeness (QED) is 0.634. The maximum absolute atomic E-state index is 11.8. The predicted molar refractivity (Wildman–Crippen MR) is 79.1 cm³/mol. The molecule has 0 saturated heterocycles. The van der Waals surface area contributed by atoms with Crippen LogP contribution >= 0.6 is 23.4 Å². The smallest absolute Gasteiger partial charge is 0.341 e. The van der Waals surface area contributed by atoms with Crippen LogP contribution in [0.4, 0.5) is 0 Å². The highest BCUT2D eigenvalue weighted by Crippen LogP contribution is 2.31. The van der Waals surface area contributed by atoms with Crippen LogP contribution < -0.4 is 0 Å². The van der Waals surface area contributed by atoms with E-state index in [4.69, 9.17) is 16.3 Å². The first kappa shape index (κ1) is 13.5. The minimum atomic E-state index is -0.272. The van der Waals surface area contributed by atoms with Crippen LogP contribution in [0.25, 0.3) is 0 Å². The van der Waals surface area contributed by atoms with Crippen LogP contribution in [0.15, 0.2) is 35.4 Å². The Morgan fingerprint density at radius 1 is 1.35 bits per heavy atom. The molecule has 2 aromatic rings. The maximum atomic E-state index is 11.8. The second kappa shape index (κ2) is 5.46. The first-order valence-electron chi connectivity index (χ1n) is 6.18. The van der Waals surface area contributed by atoms with Gasteiger partial charge in [0.25, 0.3) is 0 Å². The Kier molecular flexibility index (Phi) is 3.68. The summed E-state index contributed by atoms with van der Waals surface area (Å²) >= 11 is 7.41. The van der Waals surface area contributed by atoms with Gasteiger partial charge in [-0.05, 0) is 30.7 Å². The van der Waals surface area contributed by atoms with Crippen LogP contribution in [0.2, 0.25) is 5.02 Å². The standard InChI is InChI=1S/C15H12ClNO2S/c1-9-6-11-7-19-15(18)13(11)14(17-9)20-8-10-2-4-12(16)5-3-10/h2-6H,7-8H2,1H3. The number of aromatic nitrogens is 1. The van der Waals surface area contributed by atoms with E-state index in [1.54, 1.807) is 11.8 Å². The summed E-state index contributed by atoms with van der Waals surface area (Å²) in [5, 5.41) is 1.47. The summed E-state index contributed by atoms with van der Waals surface area (Å²) in [6.45, 7) is 2.28. The second-order valence-corrected chi connectivity index (χ2v) is 5.99. The van der Waals surface area contributed by atoms with Crippen molar-refractivity contribution in [2.24, 2.45) is 0 Å². The van der Waals surface area contributed by atoms with Crippen LogP contribution in [0.3, 0.4) is 0 Å². The van der Waals surface area contributed by atoms with Gasteiger partial charge in [-0.15, -0.1) is 11.8 Å². The lowest BCUT2D eigenvalue weighted by atomic mass is 10.1. The molecule has 0 atom stereocenters. The monoisotopic (exact) mass is 305 g/mol. The number of cyclic esters (lactones) is 1. The zero-order chi connectivity index (χ0) is 14.1. The van der Waals surface area contributed by atoms with Gasteiger partial charge in [0.1, 0.15) is 11.6 Å². The average Bonchev–Trinajstić information content (AvgIpc) is 2.79. The molecule has 3 nitrogen and oxygen atoms in total. The third kappa shape index (κ3) is 2.67. The number of hydrogen-bond acceptors (Lipinski definition) is 4. The van der Waals surface area contributed by atoms with Crippen molar-refractivity contribution in [2.45, 2.75) is 24.3 Å². The molecule has 1 aromatic heterocycles. The highest BCUT2D eigenvalue weighted by atomic mass is 35.5. The van der Waals surface area contributed by atoms with Crippen LogP contribution in [0.5, 0.6) is 0 Å². The normalized spacial score (nSPS) is 13.2. The Balaban J connectivity index is 1.84. The number of fused-ring (bicyclic) bond motifs is 1. The Labute approximate surface area is 126 Å². The van der Waals surface area contributed by atoms with Crippen molar-refractivity contribution in [1.29, 1.82) is 0 Å². The van der Waals surface area contributed by atoms with E-state index in [1.165, 1.54) is 0 Å². The average molecular weight is 306 g/mol. The number of halogens is 1. The molecule has 0 aliphatic carbocycles. The number of benzene rings is 1. The summed E-state index contributed by atoms with van der Waals surface area (Å²) in [6.07, 6.45) is 0. The zero-order valence-corrected chi connectivity index (χ0v) is 12.4. The lowest BCUT2D eigenvalue weighted by molar-refractivity contribution is 0.0532. The Hall–Kier alpha value is -1.52. The molecule has 20 heavy (non-hydrogen) atoms. The first-order chi connectivity index (χ1) is 9.63. The van der Waals surface area contributed by atoms with Gasteiger partial charge in [-0.1, -0.05) is 23.7 Å². The molecule has 1 aliphatic heterocycles. The molecule has 5 heteroatoms. The Morgan fingerprint density at radius 3 is 2.85 bits per heavy atom. The molecular formula is C15H12ClNO2S. The second-order valence-electron chi connectivity index (χ2n) is 4.59. The third-order valence-electron chi connectivity index (χ3n) is 3.05. The van der Waals surface area contributed by atoms with Crippen molar-refractivity contribution < 1.29 is 9.53 Å². The van der Waals surface area contributed by atoms with E-state index in [2.05, 4.69) is 4.98 Å². The summed E-state index contributed by atoms with van der Waals surface area (Å²) in [4.78, 5) is 16.2. The van der Waals surface area contributed by atoms with Gasteiger partial charge < -0.3 is 4.74 Å². The molecule has 0 radical (unpaired) electrons. The molecule has 0 unspecified atom stereocenters. The Morgan fingerprint density at radius 2 is 2.10 bits per heavy atom. The summed E-state index contributed by atoms with van der Waals surface area (Å²) in [5.41, 5.74) is 3.60. The van der Waals surface area contributed by atoms with Gasteiger partial charge in [-0.25, -0.2) is 9.78 Å². The highest BCUT2D eigenvalue weighted by Gasteiger charge is 2.26. The fourth-order valence-corrected chi connectivity index (χ4v) is 3.28. The van der Waals surface area contributed by atoms with E-state index in [-0.39, 0.29) is 5.97 Å². The van der Waals surface area contributed by atoms with Crippen molar-refractivity contribution in [1.82, 2.24) is 4.98 Å². The summed E-state index contributed by atoms with van der Waals surface area (Å²) in [5.74, 6) is 0.471. The number of esters is 1. The molecule has 0 spiro atoms. The van der Waals surface area contributed by atoms with Gasteiger partial charge in [-0.2, -0.15) is 0 Å². The van der Waals surface area contributed by atoms with Crippen molar-refractivity contribution in [2.75, 3.05) is 0 Å². The van der Waals surface area contributed by atoms with Crippen LogP contribution in [-0.4, -0.2) is 11.0 Å². The molecule has 2 heterocycles. The van der Waals surface area contributed by atoms with Crippen molar-refractivity contribution in [3.8, 4) is 0 Å². The fraction of sp³-hybridized carbons (Fsp3) is 0.200. The van der Waals surface area contributed by atoms with E-state index in [9.17, 15) is 4.79 Å². The molecule has 0 amide bonds. The molecule has 0 N–H and O–H groups in total. The minimum absolute atomic E-state index is 0.272. The third-order valence-corrected chi connectivity index (χ3v) is 4.35. The van der Waals surface area contributed by atoms with Crippen LogP contribution in [-0.2, 0) is 17.1 Å². The number of carbonyl (C=O) groups is 1. The number of hydrogen-bond donors (Lipinski definition) is 0. The molecule has 1 aliphatic rings. The highest BCUT2D eigenvalue weighted by molar-refractivity contribution is 7.98. The maximum Gasteiger partial charge on any atom is 0.341 e. The topological polar surface area (TPSA) is 39.2 Å². The van der Waals surface area contributed by atoms with E-state index >= 15 is 0 Å². The molecule has 0 fully saturated rings. The van der Waals surface area contributed by atoms with Gasteiger partial charge in [0, 0.05) is 22.0 Å². The fourth-order valence-electron chi connectivity index (χ4n) is 2.09. The summed E-state index contributed by atoms with van der Waals surface area (Å²) < 4.78 is 5.08. The molecule has 102 valence electrons. The van der Waals surface area contributed by atoms with Crippen LogP contribution in [0, 0.1) is 6.92 Å².